The van der Waals surface area contributed by atoms with Gasteiger partial charge in [-0.3, -0.25) is 14.3 Å². The molecule has 0 bridgehead atoms. The molecule has 18 heavy (non-hydrogen) atoms. The maximum Gasteiger partial charge on any atom is 0.270 e. The summed E-state index contributed by atoms with van der Waals surface area (Å²) in [4.78, 5) is 24.8. The number of rotatable bonds is 2. The Morgan fingerprint density at radius 3 is 3.06 bits per heavy atom. The van der Waals surface area contributed by atoms with Gasteiger partial charge >= 0.3 is 0 Å². The smallest absolute Gasteiger partial charge is 0.270 e. The average molecular weight is 247 g/mol. The number of hydrogen-bond acceptors (Lipinski definition) is 4. The number of hydrazone groups is 1. The third kappa shape index (κ3) is 1.87. The Labute approximate surface area is 103 Å². The zero-order chi connectivity index (χ0) is 12.5. The van der Waals surface area contributed by atoms with Crippen LogP contribution in [0, 0.1) is 0 Å². The fourth-order valence-electron chi connectivity index (χ4n) is 2.31. The maximum absolute atomic E-state index is 12.1. The van der Waals surface area contributed by atoms with Crippen molar-refractivity contribution >= 4 is 17.5 Å². The highest BCUT2D eigenvalue weighted by Gasteiger charge is 2.32. The molecule has 1 unspecified atom stereocenters. The summed E-state index contributed by atoms with van der Waals surface area (Å²) < 4.78 is 1.87. The molecule has 3 heterocycles. The van der Waals surface area contributed by atoms with Crippen LogP contribution < -0.4 is 5.43 Å². The molecule has 2 aliphatic heterocycles. The van der Waals surface area contributed by atoms with Crippen molar-refractivity contribution in [2.24, 2.45) is 5.10 Å². The highest BCUT2D eigenvalue weighted by Crippen LogP contribution is 2.21. The van der Waals surface area contributed by atoms with E-state index in [1.807, 2.05) is 16.9 Å². The van der Waals surface area contributed by atoms with E-state index in [1.54, 1.807) is 11.1 Å². The van der Waals surface area contributed by atoms with Crippen LogP contribution in [-0.4, -0.2) is 45.3 Å². The van der Waals surface area contributed by atoms with E-state index < -0.39 is 0 Å². The van der Waals surface area contributed by atoms with E-state index in [0.29, 0.717) is 18.8 Å². The fourth-order valence-corrected chi connectivity index (χ4v) is 2.31. The van der Waals surface area contributed by atoms with Gasteiger partial charge in [-0.05, 0) is 12.5 Å². The zero-order valence-corrected chi connectivity index (χ0v) is 9.74. The topological polar surface area (TPSA) is 79.6 Å². The second-order valence-corrected chi connectivity index (χ2v) is 4.45. The van der Waals surface area contributed by atoms with Gasteiger partial charge in [-0.25, -0.2) is 5.43 Å². The van der Waals surface area contributed by atoms with E-state index in [2.05, 4.69) is 15.6 Å². The summed E-state index contributed by atoms with van der Waals surface area (Å²) in [5.74, 6) is -0.371. The molecule has 0 radical (unpaired) electrons. The molecule has 1 saturated heterocycles. The summed E-state index contributed by atoms with van der Waals surface area (Å²) in [5.41, 5.74) is 2.60. The molecule has 3 rings (SSSR count). The molecule has 0 spiro atoms. The lowest BCUT2D eigenvalue weighted by atomic mass is 10.2. The molecule has 1 aromatic rings. The quantitative estimate of drug-likeness (QED) is 0.767. The summed E-state index contributed by atoms with van der Waals surface area (Å²) >= 11 is 0. The van der Waals surface area contributed by atoms with Crippen LogP contribution >= 0.6 is 0 Å². The molecular formula is C11H13N5O2. The molecule has 1 N–H and O–H groups in total. The number of nitrogens with one attached hydrogen (secondary N) is 1. The standard InChI is InChI=1S/C11H13N5O2/c17-10-6-9(13-14-10)11(18)15-5-2-8(7-15)16-4-1-3-12-16/h1,3-4,8H,2,5-7H2,(H,14,17). The van der Waals surface area contributed by atoms with Gasteiger partial charge in [0.25, 0.3) is 5.91 Å². The van der Waals surface area contributed by atoms with Crippen molar-refractivity contribution in [2.45, 2.75) is 18.9 Å². The summed E-state index contributed by atoms with van der Waals surface area (Å²) in [6, 6.07) is 2.09. The van der Waals surface area contributed by atoms with Crippen LogP contribution in [0.4, 0.5) is 0 Å². The maximum atomic E-state index is 12.1. The Bertz CT molecular complexity index is 508. The Kier molecular flexibility index (Phi) is 2.58. The number of likely N-dealkylation sites (tertiary alicyclic amines) is 1. The molecule has 7 heteroatoms. The average Bonchev–Trinajstić information content (AvgIpc) is 3.09. The third-order valence-corrected chi connectivity index (χ3v) is 3.24. The first kappa shape index (κ1) is 10.9. The fraction of sp³-hybridized carbons (Fsp3) is 0.455. The number of aromatic nitrogens is 2. The highest BCUT2D eigenvalue weighted by molar-refractivity contribution is 6.43. The van der Waals surface area contributed by atoms with Gasteiger partial charge in [-0.1, -0.05) is 0 Å². The van der Waals surface area contributed by atoms with E-state index in [1.165, 1.54) is 0 Å². The second-order valence-electron chi connectivity index (χ2n) is 4.45. The van der Waals surface area contributed by atoms with Crippen molar-refractivity contribution in [1.82, 2.24) is 20.1 Å². The molecule has 0 saturated carbocycles. The molecule has 2 aliphatic rings. The summed E-state index contributed by atoms with van der Waals surface area (Å²) in [6.45, 7) is 1.30. The van der Waals surface area contributed by atoms with Gasteiger partial charge in [0.05, 0.1) is 12.5 Å². The van der Waals surface area contributed by atoms with Gasteiger partial charge in [0.15, 0.2) is 0 Å². The molecule has 1 aromatic heterocycles. The molecule has 0 aliphatic carbocycles. The number of amides is 2. The lowest BCUT2D eigenvalue weighted by Gasteiger charge is -2.15. The molecule has 94 valence electrons. The second kappa shape index (κ2) is 4.25. The number of carbonyl (C=O) groups is 2. The highest BCUT2D eigenvalue weighted by atomic mass is 16.2. The van der Waals surface area contributed by atoms with Crippen molar-refractivity contribution in [1.29, 1.82) is 0 Å². The Hall–Kier alpha value is -2.18. The Morgan fingerprint density at radius 1 is 1.50 bits per heavy atom. The number of hydrogen-bond donors (Lipinski definition) is 1. The van der Waals surface area contributed by atoms with Crippen molar-refractivity contribution in [3.63, 3.8) is 0 Å². The summed E-state index contributed by atoms with van der Waals surface area (Å²) in [5, 5.41) is 7.94. The van der Waals surface area contributed by atoms with Crippen molar-refractivity contribution in [3.05, 3.63) is 18.5 Å². The first-order valence-electron chi connectivity index (χ1n) is 5.88. The van der Waals surface area contributed by atoms with Crippen LogP contribution in [0.25, 0.3) is 0 Å². The summed E-state index contributed by atoms with van der Waals surface area (Å²) in [6.07, 6.45) is 4.59. The lowest BCUT2D eigenvalue weighted by molar-refractivity contribution is -0.124. The van der Waals surface area contributed by atoms with Crippen LogP contribution in [0.3, 0.4) is 0 Å². The Morgan fingerprint density at radius 2 is 2.39 bits per heavy atom. The largest absolute Gasteiger partial charge is 0.335 e. The van der Waals surface area contributed by atoms with Gasteiger partial charge in [0, 0.05) is 25.5 Å². The molecule has 7 nitrogen and oxygen atoms in total. The van der Waals surface area contributed by atoms with E-state index in [0.717, 1.165) is 6.42 Å². The van der Waals surface area contributed by atoms with Crippen molar-refractivity contribution in [3.8, 4) is 0 Å². The zero-order valence-electron chi connectivity index (χ0n) is 9.74. The number of nitrogens with zero attached hydrogens (tertiary/aromatic N) is 4. The van der Waals surface area contributed by atoms with Crippen molar-refractivity contribution in [2.75, 3.05) is 13.1 Å². The van der Waals surface area contributed by atoms with E-state index in [9.17, 15) is 9.59 Å². The molecule has 1 atom stereocenters. The normalized spacial score (nSPS) is 23.1. The predicted octanol–water partition coefficient (Wildman–Crippen LogP) is -0.468. The monoisotopic (exact) mass is 247 g/mol. The molecular weight excluding hydrogens is 234 g/mol. The van der Waals surface area contributed by atoms with Crippen molar-refractivity contribution < 1.29 is 9.59 Å². The molecule has 2 amide bonds. The minimum Gasteiger partial charge on any atom is -0.335 e. The van der Waals surface area contributed by atoms with Crippen LogP contribution in [0.1, 0.15) is 18.9 Å². The van der Waals surface area contributed by atoms with Gasteiger partial charge in [-0.15, -0.1) is 0 Å². The van der Waals surface area contributed by atoms with Gasteiger partial charge in [0.1, 0.15) is 5.71 Å². The first-order chi connectivity index (χ1) is 8.74. The van der Waals surface area contributed by atoms with E-state index >= 15 is 0 Å². The minimum atomic E-state index is -0.221. The molecule has 1 fully saturated rings. The van der Waals surface area contributed by atoms with Gasteiger partial charge in [0.2, 0.25) is 5.91 Å². The van der Waals surface area contributed by atoms with E-state index in [4.69, 9.17) is 0 Å². The first-order valence-corrected chi connectivity index (χ1v) is 5.88. The van der Waals surface area contributed by atoms with Gasteiger partial charge < -0.3 is 4.90 Å². The Balaban J connectivity index is 1.65. The predicted molar refractivity (Wildman–Crippen MR) is 62.7 cm³/mol. The SMILES string of the molecule is O=C1CC(C(=O)N2CCC(n3cccn3)C2)=NN1. The van der Waals surface area contributed by atoms with Crippen LogP contribution in [0.15, 0.2) is 23.6 Å². The van der Waals surface area contributed by atoms with Gasteiger partial charge in [-0.2, -0.15) is 10.2 Å². The van der Waals surface area contributed by atoms with Crippen LogP contribution in [0.5, 0.6) is 0 Å². The van der Waals surface area contributed by atoms with Crippen LogP contribution in [-0.2, 0) is 9.59 Å². The third-order valence-electron chi connectivity index (χ3n) is 3.24. The minimum absolute atomic E-state index is 0.0851. The number of carbonyl (C=O) groups excluding carboxylic acids is 2. The summed E-state index contributed by atoms with van der Waals surface area (Å²) in [7, 11) is 0. The lowest BCUT2D eigenvalue weighted by Crippen LogP contribution is -2.34. The molecule has 0 aromatic carbocycles. The van der Waals surface area contributed by atoms with Crippen LogP contribution in [0.2, 0.25) is 0 Å². The van der Waals surface area contributed by atoms with E-state index in [-0.39, 0.29) is 24.3 Å².